The second-order valence-electron chi connectivity index (χ2n) is 8.07. The van der Waals surface area contributed by atoms with Crippen molar-refractivity contribution in [2.24, 2.45) is 11.8 Å². The van der Waals surface area contributed by atoms with Crippen molar-refractivity contribution in [2.75, 3.05) is 0 Å². The Morgan fingerprint density at radius 3 is 2.70 bits per heavy atom. The van der Waals surface area contributed by atoms with Crippen molar-refractivity contribution in [3.05, 3.63) is 35.5 Å². The Morgan fingerprint density at radius 2 is 2.11 bits per heavy atom. The van der Waals surface area contributed by atoms with Gasteiger partial charge in [0.05, 0.1) is 23.5 Å². The van der Waals surface area contributed by atoms with E-state index in [1.807, 2.05) is 0 Å². The predicted molar refractivity (Wildman–Crippen MR) is 92.3 cm³/mol. The van der Waals surface area contributed by atoms with Gasteiger partial charge in [0, 0.05) is 12.0 Å². The van der Waals surface area contributed by atoms with Crippen molar-refractivity contribution in [2.45, 2.75) is 56.7 Å². The average Bonchev–Trinajstić information content (AvgIpc) is 3.00. The largest absolute Gasteiger partial charge is 0.459 e. The number of epoxide rings is 1. The molecule has 1 N–H and O–H groups in total. The number of fused-ring (bicyclic) bond motifs is 3. The molecular weight excluding hydrogens is 352 g/mol. The fourth-order valence-corrected chi connectivity index (χ4v) is 4.41. The van der Waals surface area contributed by atoms with Crippen LogP contribution in [-0.4, -0.2) is 52.8 Å². The molecule has 0 aromatic rings. The highest BCUT2D eigenvalue weighted by molar-refractivity contribution is 5.92. The summed E-state index contributed by atoms with van der Waals surface area (Å²) in [5.74, 6) is -2.40. The molecule has 2 heterocycles. The molecule has 144 valence electrons. The molecule has 7 nitrogen and oxygen atoms in total. The molecule has 0 unspecified atom stereocenters. The molecule has 2 aliphatic heterocycles. The molecule has 7 heteroatoms. The number of aldehydes is 1. The molecule has 0 aromatic heterocycles. The van der Waals surface area contributed by atoms with Gasteiger partial charge in [-0.25, -0.2) is 9.59 Å². The lowest BCUT2D eigenvalue weighted by molar-refractivity contribution is -0.159. The van der Waals surface area contributed by atoms with Crippen LogP contribution >= 0.6 is 0 Å². The van der Waals surface area contributed by atoms with Gasteiger partial charge in [-0.15, -0.1) is 0 Å². The van der Waals surface area contributed by atoms with Gasteiger partial charge in [-0.05, 0) is 31.9 Å². The van der Waals surface area contributed by atoms with E-state index in [1.54, 1.807) is 32.9 Å². The fraction of sp³-hybridized carbons (Fsp3) is 0.550. The Labute approximate surface area is 156 Å². The van der Waals surface area contributed by atoms with E-state index in [1.165, 1.54) is 0 Å². The van der Waals surface area contributed by atoms with Gasteiger partial charge in [0.1, 0.15) is 18.5 Å². The molecule has 0 saturated carbocycles. The summed E-state index contributed by atoms with van der Waals surface area (Å²) >= 11 is 0. The van der Waals surface area contributed by atoms with Gasteiger partial charge in [0.15, 0.2) is 5.60 Å². The van der Waals surface area contributed by atoms with Gasteiger partial charge in [0.2, 0.25) is 0 Å². The summed E-state index contributed by atoms with van der Waals surface area (Å²) in [5.41, 5.74) is -1.12. The van der Waals surface area contributed by atoms with Crippen LogP contribution in [0.15, 0.2) is 35.5 Å². The van der Waals surface area contributed by atoms with E-state index in [-0.39, 0.29) is 18.1 Å². The Hall–Kier alpha value is -2.25. The van der Waals surface area contributed by atoms with Crippen LogP contribution < -0.4 is 0 Å². The van der Waals surface area contributed by atoms with Crippen molar-refractivity contribution in [1.29, 1.82) is 0 Å². The van der Waals surface area contributed by atoms with E-state index in [0.29, 0.717) is 17.4 Å². The summed E-state index contributed by atoms with van der Waals surface area (Å²) in [6.45, 7) is 8.83. The highest BCUT2D eigenvalue weighted by Gasteiger charge is 2.60. The first kappa shape index (κ1) is 18.1. The summed E-state index contributed by atoms with van der Waals surface area (Å²) in [6.07, 6.45) is 2.25. The van der Waals surface area contributed by atoms with Crippen LogP contribution in [0.25, 0.3) is 0 Å². The van der Waals surface area contributed by atoms with Gasteiger partial charge in [-0.3, -0.25) is 4.79 Å². The minimum absolute atomic E-state index is 0.114. The molecule has 4 rings (SSSR count). The second kappa shape index (κ2) is 5.62. The van der Waals surface area contributed by atoms with Crippen LogP contribution in [0.5, 0.6) is 0 Å². The van der Waals surface area contributed by atoms with Gasteiger partial charge in [0.25, 0.3) is 0 Å². The van der Waals surface area contributed by atoms with Crippen LogP contribution in [-0.2, 0) is 28.6 Å². The molecular formula is C20H22O7. The molecule has 2 fully saturated rings. The first-order valence-corrected chi connectivity index (χ1v) is 8.98. The monoisotopic (exact) mass is 374 g/mol. The van der Waals surface area contributed by atoms with E-state index in [0.717, 1.165) is 0 Å². The van der Waals surface area contributed by atoms with Crippen LogP contribution in [0, 0.1) is 11.8 Å². The number of ether oxygens (including phenoxy) is 3. The zero-order valence-electron chi connectivity index (χ0n) is 15.4. The van der Waals surface area contributed by atoms with Crippen molar-refractivity contribution in [3.63, 3.8) is 0 Å². The maximum atomic E-state index is 12.6. The third-order valence-electron chi connectivity index (χ3n) is 6.29. The second-order valence-corrected chi connectivity index (χ2v) is 8.07. The van der Waals surface area contributed by atoms with E-state index in [4.69, 9.17) is 14.2 Å². The molecule has 0 spiro atoms. The quantitative estimate of drug-likeness (QED) is 0.340. The topological polar surface area (TPSA) is 102 Å². The fourth-order valence-electron chi connectivity index (χ4n) is 4.41. The van der Waals surface area contributed by atoms with E-state index in [9.17, 15) is 19.5 Å². The van der Waals surface area contributed by atoms with Crippen LogP contribution in [0.4, 0.5) is 0 Å². The Bertz CT molecular complexity index is 820. The summed E-state index contributed by atoms with van der Waals surface area (Å²) in [7, 11) is 0. The van der Waals surface area contributed by atoms with Crippen molar-refractivity contribution in [3.8, 4) is 0 Å². The lowest BCUT2D eigenvalue weighted by Crippen LogP contribution is -2.44. The van der Waals surface area contributed by atoms with E-state index in [2.05, 4.69) is 6.58 Å². The zero-order chi connectivity index (χ0) is 19.7. The average molecular weight is 374 g/mol. The number of esters is 2. The number of rotatable bonds is 3. The first-order valence-electron chi connectivity index (χ1n) is 8.98. The third-order valence-corrected chi connectivity index (χ3v) is 6.29. The number of allylic oxidation sites excluding steroid dienone is 1. The molecule has 7 atom stereocenters. The summed E-state index contributed by atoms with van der Waals surface area (Å²) in [4.78, 5) is 36.6. The van der Waals surface area contributed by atoms with Crippen LogP contribution in [0.1, 0.15) is 27.2 Å². The Balaban J connectivity index is 1.74. The van der Waals surface area contributed by atoms with Crippen LogP contribution in [0.3, 0.4) is 0 Å². The van der Waals surface area contributed by atoms with E-state index < -0.39 is 47.2 Å². The first-order chi connectivity index (χ1) is 12.6. The zero-order valence-corrected chi connectivity index (χ0v) is 15.4. The molecule has 27 heavy (non-hydrogen) atoms. The third kappa shape index (κ3) is 2.52. The van der Waals surface area contributed by atoms with Crippen molar-refractivity contribution < 1.29 is 33.7 Å². The highest BCUT2D eigenvalue weighted by Crippen LogP contribution is 2.50. The number of hydrogen-bond donors (Lipinski definition) is 1. The number of aliphatic hydroxyl groups is 1. The normalized spacial score (nSPS) is 45.1. The van der Waals surface area contributed by atoms with Crippen LogP contribution in [0.2, 0.25) is 0 Å². The molecule has 0 bridgehead atoms. The van der Waals surface area contributed by atoms with E-state index >= 15 is 0 Å². The molecule has 0 aromatic carbocycles. The maximum Gasteiger partial charge on any atom is 0.341 e. The standard InChI is InChI=1S/C20H22O7/c1-9-14-13(25-18(23)20(4)10(2)27-20)7-11(8-21)12-5-6-19(3,24)15(12)16(14)26-17(9)22/h5-6,8,10,13-16,24H,1,7H2,2-4H3/t10-,13-,14-,15+,16+,19-,20-/m1/s1. The molecule has 2 aliphatic carbocycles. The SMILES string of the molecule is C=C1C(=O)O[C@H]2[C@H]1[C@H](OC(=O)[C@]1(C)O[C@@H]1C)CC(C=O)=C1C=C[C@@](C)(O)[C@@H]12. The number of carbonyl (C=O) groups is 3. The minimum Gasteiger partial charge on any atom is -0.459 e. The molecule has 0 radical (unpaired) electrons. The Kier molecular flexibility index (Phi) is 3.78. The summed E-state index contributed by atoms with van der Waals surface area (Å²) < 4.78 is 16.6. The smallest absolute Gasteiger partial charge is 0.341 e. The van der Waals surface area contributed by atoms with Gasteiger partial charge < -0.3 is 19.3 Å². The summed E-state index contributed by atoms with van der Waals surface area (Å²) in [6, 6.07) is 0. The van der Waals surface area contributed by atoms with Gasteiger partial charge in [-0.1, -0.05) is 18.7 Å². The van der Waals surface area contributed by atoms with Gasteiger partial charge >= 0.3 is 11.9 Å². The Morgan fingerprint density at radius 1 is 1.44 bits per heavy atom. The van der Waals surface area contributed by atoms with Crippen molar-refractivity contribution in [1.82, 2.24) is 0 Å². The predicted octanol–water partition coefficient (Wildman–Crippen LogP) is 1.01. The minimum atomic E-state index is -1.30. The highest BCUT2D eigenvalue weighted by atomic mass is 16.7. The molecule has 0 amide bonds. The lowest BCUT2D eigenvalue weighted by atomic mass is 9.78. The van der Waals surface area contributed by atoms with Gasteiger partial charge in [-0.2, -0.15) is 0 Å². The molecule has 2 saturated heterocycles. The molecule has 4 aliphatic rings. The summed E-state index contributed by atoms with van der Waals surface area (Å²) in [5, 5.41) is 10.8. The number of hydrogen-bond acceptors (Lipinski definition) is 7. The maximum absolute atomic E-state index is 12.6. The van der Waals surface area contributed by atoms with Crippen molar-refractivity contribution >= 4 is 18.2 Å². The lowest BCUT2D eigenvalue weighted by Gasteiger charge is -2.33. The number of carbonyl (C=O) groups excluding carboxylic acids is 3.